The zero-order chi connectivity index (χ0) is 15.2. The molecule has 0 unspecified atom stereocenters. The van der Waals surface area contributed by atoms with E-state index in [0.717, 1.165) is 12.1 Å². The fourth-order valence-electron chi connectivity index (χ4n) is 1.90. The first-order valence-electron chi connectivity index (χ1n) is 6.88. The van der Waals surface area contributed by atoms with Crippen molar-refractivity contribution in [3.63, 3.8) is 0 Å². The van der Waals surface area contributed by atoms with Crippen LogP contribution >= 0.6 is 11.6 Å². The third-order valence-electron chi connectivity index (χ3n) is 2.94. The maximum Gasteiger partial charge on any atom is 0.322 e. The van der Waals surface area contributed by atoms with Gasteiger partial charge in [0.05, 0.1) is 18.1 Å². The van der Waals surface area contributed by atoms with E-state index in [2.05, 4.69) is 15.4 Å². The highest BCUT2D eigenvalue weighted by Crippen LogP contribution is 2.25. The van der Waals surface area contributed by atoms with Crippen molar-refractivity contribution in [1.29, 1.82) is 0 Å². The number of halogens is 1. The molecule has 0 aliphatic heterocycles. The largest absolute Gasteiger partial charge is 0.338 e. The molecule has 6 nitrogen and oxygen atoms in total. The molecule has 0 radical (unpaired) electrons. The van der Waals surface area contributed by atoms with Crippen LogP contribution in [0.5, 0.6) is 0 Å². The quantitative estimate of drug-likeness (QED) is 0.924. The average Bonchev–Trinajstić information content (AvgIpc) is 2.89. The summed E-state index contributed by atoms with van der Waals surface area (Å²) < 4.78 is 1.61. The van der Waals surface area contributed by atoms with Crippen molar-refractivity contribution in [3.05, 3.63) is 35.9 Å². The number of aromatic nitrogens is 3. The van der Waals surface area contributed by atoms with Gasteiger partial charge in [-0.3, -0.25) is 9.88 Å². The molecule has 21 heavy (non-hydrogen) atoms. The molecule has 0 aliphatic carbocycles. The van der Waals surface area contributed by atoms with Crippen molar-refractivity contribution in [2.24, 2.45) is 0 Å². The first kappa shape index (κ1) is 15.3. The number of nitrogens with zero attached hydrogens (tertiary/aromatic N) is 4. The molecule has 112 valence electrons. The molecule has 2 amide bonds. The van der Waals surface area contributed by atoms with Crippen LogP contribution in [0.3, 0.4) is 0 Å². The summed E-state index contributed by atoms with van der Waals surface area (Å²) in [7, 11) is 0. The molecule has 0 spiro atoms. The van der Waals surface area contributed by atoms with Crippen LogP contribution in [0.1, 0.15) is 20.3 Å². The molecule has 0 aromatic carbocycles. The molecule has 0 atom stereocenters. The molecule has 0 fully saturated rings. The van der Waals surface area contributed by atoms with Gasteiger partial charge in [-0.15, -0.1) is 0 Å². The molecule has 7 heteroatoms. The van der Waals surface area contributed by atoms with Crippen LogP contribution in [0.4, 0.5) is 10.5 Å². The summed E-state index contributed by atoms with van der Waals surface area (Å²) in [6.45, 7) is 5.03. The lowest BCUT2D eigenvalue weighted by Crippen LogP contribution is -2.40. The van der Waals surface area contributed by atoms with Gasteiger partial charge in [-0.2, -0.15) is 5.10 Å². The van der Waals surface area contributed by atoms with E-state index in [0.29, 0.717) is 18.8 Å². The molecular weight excluding hydrogens is 290 g/mol. The first-order chi connectivity index (χ1) is 10.2. The topological polar surface area (TPSA) is 63.1 Å². The van der Waals surface area contributed by atoms with Gasteiger partial charge >= 0.3 is 6.03 Å². The number of carbonyl (C=O) groups is 1. The minimum Gasteiger partial charge on any atom is -0.338 e. The maximum absolute atomic E-state index is 12.1. The second kappa shape index (κ2) is 7.08. The number of rotatable bonds is 5. The molecule has 0 bridgehead atoms. The predicted octanol–water partition coefficient (Wildman–Crippen LogP) is 2.87. The number of pyridine rings is 1. The van der Waals surface area contributed by atoms with Gasteiger partial charge in [-0.1, -0.05) is 18.5 Å². The van der Waals surface area contributed by atoms with Crippen molar-refractivity contribution in [2.45, 2.75) is 20.3 Å². The van der Waals surface area contributed by atoms with Gasteiger partial charge in [0.25, 0.3) is 0 Å². The number of anilines is 1. The second-order valence-electron chi connectivity index (χ2n) is 4.44. The van der Waals surface area contributed by atoms with Gasteiger partial charge in [0, 0.05) is 19.3 Å². The number of hydrogen-bond donors (Lipinski definition) is 1. The van der Waals surface area contributed by atoms with Crippen molar-refractivity contribution >= 4 is 23.3 Å². The second-order valence-corrected chi connectivity index (χ2v) is 4.80. The molecule has 2 aromatic rings. The summed E-state index contributed by atoms with van der Waals surface area (Å²) in [5.74, 6) is 0. The van der Waals surface area contributed by atoms with Gasteiger partial charge < -0.3 is 5.32 Å². The van der Waals surface area contributed by atoms with E-state index in [-0.39, 0.29) is 11.2 Å². The van der Waals surface area contributed by atoms with E-state index >= 15 is 0 Å². The summed E-state index contributed by atoms with van der Waals surface area (Å²) in [5.41, 5.74) is 1.37. The SMILES string of the molecule is CCCNC(=O)N(CC)c1cn(-c2cccnc2)nc1Cl. The standard InChI is InChI=1S/C14H18ClN5O/c1-3-7-17-14(21)19(4-2)12-10-20(18-13(12)15)11-6-5-8-16-9-11/h5-6,8-10H,3-4,7H2,1-2H3,(H,17,21). The molecule has 2 aromatic heterocycles. The van der Waals surface area contributed by atoms with Crippen molar-refractivity contribution in [1.82, 2.24) is 20.1 Å². The number of amides is 2. The predicted molar refractivity (Wildman–Crippen MR) is 83.1 cm³/mol. The van der Waals surface area contributed by atoms with E-state index < -0.39 is 0 Å². The highest BCUT2D eigenvalue weighted by Gasteiger charge is 2.19. The summed E-state index contributed by atoms with van der Waals surface area (Å²) in [6, 6.07) is 3.51. The summed E-state index contributed by atoms with van der Waals surface area (Å²) >= 11 is 6.17. The minimum absolute atomic E-state index is 0.174. The number of nitrogens with one attached hydrogen (secondary N) is 1. The Kier molecular flexibility index (Phi) is 5.16. The number of hydrogen-bond acceptors (Lipinski definition) is 3. The van der Waals surface area contributed by atoms with Crippen molar-refractivity contribution < 1.29 is 4.79 Å². The highest BCUT2D eigenvalue weighted by atomic mass is 35.5. The number of carbonyl (C=O) groups excluding carboxylic acids is 1. The Hall–Kier alpha value is -2.08. The molecule has 2 heterocycles. The van der Waals surface area contributed by atoms with Crippen molar-refractivity contribution in [3.8, 4) is 5.69 Å². The molecule has 0 saturated carbocycles. The summed E-state index contributed by atoms with van der Waals surface area (Å²) in [5, 5.41) is 7.35. The zero-order valence-corrected chi connectivity index (χ0v) is 12.8. The van der Waals surface area contributed by atoms with Crippen LogP contribution in [-0.2, 0) is 0 Å². The maximum atomic E-state index is 12.1. The van der Waals surface area contributed by atoms with Gasteiger partial charge in [0.2, 0.25) is 0 Å². The molecule has 0 saturated heterocycles. The van der Waals surface area contributed by atoms with E-state index in [1.54, 1.807) is 28.2 Å². The molecule has 0 aliphatic rings. The minimum atomic E-state index is -0.174. The van der Waals surface area contributed by atoms with E-state index in [9.17, 15) is 4.79 Å². The third-order valence-corrected chi connectivity index (χ3v) is 3.21. The van der Waals surface area contributed by atoms with Crippen LogP contribution in [0, 0.1) is 0 Å². The Bertz CT molecular complexity index is 599. The first-order valence-corrected chi connectivity index (χ1v) is 7.26. The Morgan fingerprint density at radius 1 is 1.48 bits per heavy atom. The summed E-state index contributed by atoms with van der Waals surface area (Å²) in [4.78, 5) is 17.7. The molecular formula is C14H18ClN5O. The smallest absolute Gasteiger partial charge is 0.322 e. The normalized spacial score (nSPS) is 10.4. The Balaban J connectivity index is 2.27. The fraction of sp³-hybridized carbons (Fsp3) is 0.357. The Morgan fingerprint density at radius 2 is 2.29 bits per heavy atom. The van der Waals surface area contributed by atoms with Crippen LogP contribution in [0.15, 0.2) is 30.7 Å². The molecule has 2 rings (SSSR count). The van der Waals surface area contributed by atoms with E-state index in [4.69, 9.17) is 11.6 Å². The molecule has 1 N–H and O–H groups in total. The summed E-state index contributed by atoms with van der Waals surface area (Å²) in [6.07, 6.45) is 5.98. The average molecular weight is 308 g/mol. The van der Waals surface area contributed by atoms with Crippen LogP contribution in [-0.4, -0.2) is 33.9 Å². The lowest BCUT2D eigenvalue weighted by Gasteiger charge is -2.19. The lowest BCUT2D eigenvalue weighted by molar-refractivity contribution is 0.246. The van der Waals surface area contributed by atoms with Gasteiger partial charge in [-0.25, -0.2) is 9.48 Å². The zero-order valence-electron chi connectivity index (χ0n) is 12.1. The van der Waals surface area contributed by atoms with E-state index in [1.165, 1.54) is 0 Å². The van der Waals surface area contributed by atoms with Gasteiger partial charge in [0.1, 0.15) is 5.69 Å². The Morgan fingerprint density at radius 3 is 2.90 bits per heavy atom. The van der Waals surface area contributed by atoms with Crippen LogP contribution in [0.25, 0.3) is 5.69 Å². The Labute approximate surface area is 128 Å². The monoisotopic (exact) mass is 307 g/mol. The number of urea groups is 1. The van der Waals surface area contributed by atoms with E-state index in [1.807, 2.05) is 26.0 Å². The van der Waals surface area contributed by atoms with Crippen molar-refractivity contribution in [2.75, 3.05) is 18.0 Å². The van der Waals surface area contributed by atoms with Gasteiger partial charge in [0.15, 0.2) is 5.15 Å². The highest BCUT2D eigenvalue weighted by molar-refractivity contribution is 6.32. The third kappa shape index (κ3) is 3.52. The fourth-order valence-corrected chi connectivity index (χ4v) is 2.13. The van der Waals surface area contributed by atoms with Crippen LogP contribution in [0.2, 0.25) is 5.15 Å². The van der Waals surface area contributed by atoms with Crippen LogP contribution < -0.4 is 10.2 Å². The van der Waals surface area contributed by atoms with Gasteiger partial charge in [-0.05, 0) is 25.5 Å². The lowest BCUT2D eigenvalue weighted by atomic mass is 10.4.